The van der Waals surface area contributed by atoms with Gasteiger partial charge < -0.3 is 5.11 Å². The van der Waals surface area contributed by atoms with E-state index in [4.69, 9.17) is 5.11 Å². The maximum absolute atomic E-state index is 10.9. The van der Waals surface area contributed by atoms with Crippen LogP contribution in [0.2, 0.25) is 0 Å². The molecule has 4 heteroatoms. The molecule has 0 amide bonds. The van der Waals surface area contributed by atoms with Crippen molar-refractivity contribution in [2.24, 2.45) is 0 Å². The minimum Gasteiger partial charge on any atom is -0.508 e. The van der Waals surface area contributed by atoms with Crippen LogP contribution in [0.15, 0.2) is 42.3 Å². The average molecular weight is 200 g/mol. The zero-order valence-electron chi connectivity index (χ0n) is 7.40. The number of phenols is 1. The number of rotatable bonds is 1. The molecule has 0 unspecified atom stereocenters. The van der Waals surface area contributed by atoms with Gasteiger partial charge in [0.2, 0.25) is 0 Å². The van der Waals surface area contributed by atoms with Gasteiger partial charge in [0.1, 0.15) is 5.75 Å². The van der Waals surface area contributed by atoms with Gasteiger partial charge in [0.05, 0.1) is 4.90 Å². The molecule has 1 rings (SSSR count). The number of aromatic hydroxyl groups is 1. The van der Waals surface area contributed by atoms with E-state index in [0.717, 1.165) is 6.26 Å². The molecule has 0 bridgehead atoms. The second kappa shape index (κ2) is 4.67. The third-order valence-electron chi connectivity index (χ3n) is 1.25. The van der Waals surface area contributed by atoms with Crippen molar-refractivity contribution in [3.05, 3.63) is 37.4 Å². The van der Waals surface area contributed by atoms with Crippen LogP contribution in [0.3, 0.4) is 0 Å². The van der Waals surface area contributed by atoms with Crippen LogP contribution in [0.4, 0.5) is 0 Å². The van der Waals surface area contributed by atoms with E-state index in [0.29, 0.717) is 0 Å². The Labute approximate surface area is 78.3 Å². The molecule has 0 aliphatic carbocycles. The van der Waals surface area contributed by atoms with E-state index in [1.54, 1.807) is 0 Å². The maximum atomic E-state index is 10.9. The van der Waals surface area contributed by atoms with Crippen molar-refractivity contribution in [1.82, 2.24) is 0 Å². The van der Waals surface area contributed by atoms with Crippen LogP contribution in [0.5, 0.6) is 5.75 Å². The molecule has 0 fully saturated rings. The number of benzene rings is 1. The lowest BCUT2D eigenvalue weighted by Crippen LogP contribution is -1.95. The van der Waals surface area contributed by atoms with Crippen LogP contribution in [0.1, 0.15) is 0 Å². The summed E-state index contributed by atoms with van der Waals surface area (Å²) in [5.41, 5.74) is 0. The zero-order valence-corrected chi connectivity index (χ0v) is 8.21. The molecule has 1 aromatic carbocycles. The van der Waals surface area contributed by atoms with Crippen molar-refractivity contribution in [1.29, 1.82) is 0 Å². The van der Waals surface area contributed by atoms with Crippen molar-refractivity contribution < 1.29 is 13.5 Å². The van der Waals surface area contributed by atoms with Gasteiger partial charge in [0, 0.05) is 6.26 Å². The highest BCUT2D eigenvalue weighted by molar-refractivity contribution is 7.90. The molecular formula is C9H12O3S. The Morgan fingerprint density at radius 3 is 2.15 bits per heavy atom. The molecule has 13 heavy (non-hydrogen) atoms. The fourth-order valence-corrected chi connectivity index (χ4v) is 1.37. The van der Waals surface area contributed by atoms with Crippen molar-refractivity contribution in [3.63, 3.8) is 0 Å². The van der Waals surface area contributed by atoms with Gasteiger partial charge in [0.25, 0.3) is 0 Å². The molecule has 72 valence electrons. The Kier molecular flexibility index (Phi) is 4.20. The molecule has 0 saturated carbocycles. The molecule has 0 aromatic heterocycles. The summed E-state index contributed by atoms with van der Waals surface area (Å²) in [6.45, 7) is 6.00. The summed E-state index contributed by atoms with van der Waals surface area (Å²) in [6, 6.07) is 5.57. The summed E-state index contributed by atoms with van der Waals surface area (Å²) in [5, 5.41) is 8.91. The van der Waals surface area contributed by atoms with E-state index in [1.807, 2.05) is 0 Å². The largest absolute Gasteiger partial charge is 0.508 e. The lowest BCUT2D eigenvalue weighted by atomic mass is 10.3. The van der Waals surface area contributed by atoms with E-state index >= 15 is 0 Å². The van der Waals surface area contributed by atoms with E-state index < -0.39 is 9.84 Å². The monoisotopic (exact) mass is 200 g/mol. The molecule has 0 saturated heterocycles. The van der Waals surface area contributed by atoms with Gasteiger partial charge in [0.15, 0.2) is 9.84 Å². The van der Waals surface area contributed by atoms with Crippen LogP contribution in [0.25, 0.3) is 0 Å². The van der Waals surface area contributed by atoms with Crippen LogP contribution in [0, 0.1) is 0 Å². The Balaban J connectivity index is 0.000000671. The van der Waals surface area contributed by atoms with Crippen molar-refractivity contribution in [3.8, 4) is 5.75 Å². The number of sulfone groups is 1. The predicted octanol–water partition coefficient (Wildman–Crippen LogP) is 1.60. The standard InChI is InChI=1S/C7H8O3S.C2H4/c1-11(9,10)7-4-2-3-6(8)5-7;1-2/h2-5,8H,1H3;1-2H2. The Hall–Kier alpha value is -1.29. The molecule has 0 atom stereocenters. The molecule has 0 spiro atoms. The first-order valence-corrected chi connectivity index (χ1v) is 5.38. The van der Waals surface area contributed by atoms with Crippen LogP contribution >= 0.6 is 0 Å². The minimum atomic E-state index is -3.19. The van der Waals surface area contributed by atoms with Crippen molar-refractivity contribution in [2.45, 2.75) is 4.90 Å². The number of phenolic OH excluding ortho intramolecular Hbond substituents is 1. The highest BCUT2D eigenvalue weighted by Crippen LogP contribution is 2.14. The quantitative estimate of drug-likeness (QED) is 0.700. The van der Waals surface area contributed by atoms with Gasteiger partial charge in [-0.25, -0.2) is 8.42 Å². The van der Waals surface area contributed by atoms with E-state index in [9.17, 15) is 8.42 Å². The maximum Gasteiger partial charge on any atom is 0.175 e. The Bertz CT molecular complexity index is 368. The van der Waals surface area contributed by atoms with Crippen LogP contribution in [-0.4, -0.2) is 19.8 Å². The summed E-state index contributed by atoms with van der Waals surface area (Å²) in [6.07, 6.45) is 1.10. The highest BCUT2D eigenvalue weighted by atomic mass is 32.2. The molecular weight excluding hydrogens is 188 g/mol. The van der Waals surface area contributed by atoms with Crippen LogP contribution in [-0.2, 0) is 9.84 Å². The second-order valence-corrected chi connectivity index (χ2v) is 4.29. The highest BCUT2D eigenvalue weighted by Gasteiger charge is 2.05. The molecule has 0 heterocycles. The van der Waals surface area contributed by atoms with Gasteiger partial charge in [-0.1, -0.05) is 6.07 Å². The second-order valence-electron chi connectivity index (χ2n) is 2.27. The normalized spacial score (nSPS) is 9.92. The average Bonchev–Trinajstić information content (AvgIpc) is 2.06. The van der Waals surface area contributed by atoms with Gasteiger partial charge in [-0.15, -0.1) is 13.2 Å². The third-order valence-corrected chi connectivity index (χ3v) is 2.36. The van der Waals surface area contributed by atoms with Gasteiger partial charge in [-0.3, -0.25) is 0 Å². The van der Waals surface area contributed by atoms with Gasteiger partial charge in [-0.2, -0.15) is 0 Å². The molecule has 0 aliphatic rings. The summed E-state index contributed by atoms with van der Waals surface area (Å²) in [4.78, 5) is 0.137. The van der Waals surface area contributed by atoms with E-state index in [-0.39, 0.29) is 10.6 Å². The van der Waals surface area contributed by atoms with E-state index in [2.05, 4.69) is 13.2 Å². The fourth-order valence-electron chi connectivity index (χ4n) is 0.714. The summed E-state index contributed by atoms with van der Waals surface area (Å²) < 4.78 is 21.7. The SMILES string of the molecule is C=C.CS(=O)(=O)c1cccc(O)c1. The number of hydrogen-bond donors (Lipinski definition) is 1. The first kappa shape index (κ1) is 11.7. The molecule has 0 aliphatic heterocycles. The van der Waals surface area contributed by atoms with Crippen molar-refractivity contribution in [2.75, 3.05) is 6.26 Å². The smallest absolute Gasteiger partial charge is 0.175 e. The summed E-state index contributed by atoms with van der Waals surface area (Å²) >= 11 is 0. The third kappa shape index (κ3) is 3.75. The predicted molar refractivity (Wildman–Crippen MR) is 52.5 cm³/mol. The van der Waals surface area contributed by atoms with Gasteiger partial charge in [-0.05, 0) is 18.2 Å². The topological polar surface area (TPSA) is 54.4 Å². The van der Waals surface area contributed by atoms with Gasteiger partial charge >= 0.3 is 0 Å². The summed E-state index contributed by atoms with van der Waals surface area (Å²) in [5.74, 6) is -0.0343. The first-order valence-electron chi connectivity index (χ1n) is 3.49. The molecule has 0 radical (unpaired) electrons. The first-order chi connectivity index (χ1) is 6.00. The molecule has 3 nitrogen and oxygen atoms in total. The Morgan fingerprint density at radius 2 is 1.85 bits per heavy atom. The summed E-state index contributed by atoms with van der Waals surface area (Å²) in [7, 11) is -3.19. The molecule has 1 N–H and O–H groups in total. The zero-order chi connectivity index (χ0) is 10.5. The Morgan fingerprint density at radius 1 is 1.31 bits per heavy atom. The lowest BCUT2D eigenvalue weighted by molar-refractivity contribution is 0.473. The van der Waals surface area contributed by atoms with Crippen LogP contribution < -0.4 is 0 Å². The number of hydrogen-bond acceptors (Lipinski definition) is 3. The molecule has 1 aromatic rings. The van der Waals surface area contributed by atoms with E-state index in [1.165, 1.54) is 24.3 Å². The fraction of sp³-hybridized carbons (Fsp3) is 0.111. The lowest BCUT2D eigenvalue weighted by Gasteiger charge is -1.96. The van der Waals surface area contributed by atoms with Crippen molar-refractivity contribution >= 4 is 9.84 Å². The minimum absolute atomic E-state index is 0.0343.